The van der Waals surface area contributed by atoms with Crippen molar-refractivity contribution in [3.05, 3.63) is 70.8 Å². The van der Waals surface area contributed by atoms with Crippen LogP contribution in [0.2, 0.25) is 5.02 Å². The highest BCUT2D eigenvalue weighted by molar-refractivity contribution is 6.30. The van der Waals surface area contributed by atoms with Gasteiger partial charge in [0.2, 0.25) is 5.91 Å². The maximum absolute atomic E-state index is 14.2. The molecule has 0 fully saturated rings. The quantitative estimate of drug-likeness (QED) is 0.289. The summed E-state index contributed by atoms with van der Waals surface area (Å²) in [5.74, 6) is -2.89. The molecule has 0 saturated carbocycles. The van der Waals surface area contributed by atoms with Gasteiger partial charge in [-0.25, -0.2) is 9.18 Å². The van der Waals surface area contributed by atoms with Crippen molar-refractivity contribution in [1.82, 2.24) is 26.0 Å². The molecule has 12 heteroatoms. The Morgan fingerprint density at radius 1 is 1.15 bits per heavy atom. The standard InChI is InChI=1S/C22H22ClFN6O4/c23-14-5-6-17(24)16(8-14)13-3-1-12(2-4-13)7-15(27-21(32)19-11-26-30-29-19)9-18(22(33)34)28-20(31)10-25/h1-6,8,11,15,18H,7,9-10,25H2,(H,27,32)(H,28,31)(H,33,34)(H,26,29,30)/t15-,18-/m1/s1. The molecule has 2 atom stereocenters. The first-order valence-corrected chi connectivity index (χ1v) is 10.6. The Bertz CT molecular complexity index is 1160. The summed E-state index contributed by atoms with van der Waals surface area (Å²) in [4.78, 5) is 35.8. The number of nitrogens with zero attached hydrogens (tertiary/aromatic N) is 2. The Morgan fingerprint density at radius 2 is 1.88 bits per heavy atom. The summed E-state index contributed by atoms with van der Waals surface area (Å²) >= 11 is 5.97. The van der Waals surface area contributed by atoms with Gasteiger partial charge >= 0.3 is 5.97 Å². The van der Waals surface area contributed by atoms with E-state index in [0.717, 1.165) is 5.56 Å². The molecular formula is C22H22ClFN6O4. The number of nitrogens with two attached hydrogens (primary N) is 1. The summed E-state index contributed by atoms with van der Waals surface area (Å²) in [6.45, 7) is -0.374. The lowest BCUT2D eigenvalue weighted by Gasteiger charge is -2.23. The van der Waals surface area contributed by atoms with Gasteiger partial charge in [-0.1, -0.05) is 41.1 Å². The lowest BCUT2D eigenvalue weighted by molar-refractivity contribution is -0.142. The van der Waals surface area contributed by atoms with Crippen molar-refractivity contribution >= 4 is 29.4 Å². The minimum atomic E-state index is -1.28. The Kier molecular flexibility index (Phi) is 8.28. The second-order valence-corrected chi connectivity index (χ2v) is 7.89. The fourth-order valence-corrected chi connectivity index (χ4v) is 3.52. The number of amides is 2. The molecule has 0 bridgehead atoms. The second-order valence-electron chi connectivity index (χ2n) is 7.45. The molecule has 1 aromatic heterocycles. The molecule has 0 saturated heterocycles. The van der Waals surface area contributed by atoms with Gasteiger partial charge in [0.15, 0.2) is 5.69 Å². The number of halogens is 2. The number of carbonyl (C=O) groups excluding carboxylic acids is 2. The first-order chi connectivity index (χ1) is 16.3. The van der Waals surface area contributed by atoms with E-state index < -0.39 is 35.7 Å². The van der Waals surface area contributed by atoms with E-state index in [-0.39, 0.29) is 25.1 Å². The zero-order chi connectivity index (χ0) is 24.7. The van der Waals surface area contributed by atoms with Crippen molar-refractivity contribution in [2.45, 2.75) is 24.9 Å². The highest BCUT2D eigenvalue weighted by atomic mass is 35.5. The van der Waals surface area contributed by atoms with E-state index in [0.29, 0.717) is 16.1 Å². The van der Waals surface area contributed by atoms with Crippen LogP contribution in [-0.2, 0) is 16.0 Å². The van der Waals surface area contributed by atoms with Crippen molar-refractivity contribution in [2.24, 2.45) is 5.73 Å². The van der Waals surface area contributed by atoms with E-state index in [1.165, 1.54) is 24.4 Å². The molecule has 0 aliphatic carbocycles. The van der Waals surface area contributed by atoms with Gasteiger partial charge in [-0.05, 0) is 42.2 Å². The topological polar surface area (TPSA) is 163 Å². The number of aromatic amines is 1. The summed E-state index contributed by atoms with van der Waals surface area (Å²) in [6, 6.07) is 9.15. The van der Waals surface area contributed by atoms with Crippen molar-refractivity contribution in [1.29, 1.82) is 0 Å². The smallest absolute Gasteiger partial charge is 0.326 e. The van der Waals surface area contributed by atoms with Crippen LogP contribution in [0.1, 0.15) is 22.5 Å². The number of hydrogen-bond donors (Lipinski definition) is 5. The highest BCUT2D eigenvalue weighted by Gasteiger charge is 2.26. The van der Waals surface area contributed by atoms with E-state index in [9.17, 15) is 23.9 Å². The molecule has 178 valence electrons. The molecule has 0 aliphatic heterocycles. The number of rotatable bonds is 10. The number of carboxylic acid groups (broad SMARTS) is 1. The van der Waals surface area contributed by atoms with E-state index in [1.54, 1.807) is 24.3 Å². The predicted octanol–water partition coefficient (Wildman–Crippen LogP) is 1.52. The van der Waals surface area contributed by atoms with Gasteiger partial charge in [0.25, 0.3) is 5.91 Å². The normalized spacial score (nSPS) is 12.6. The van der Waals surface area contributed by atoms with Crippen LogP contribution < -0.4 is 16.4 Å². The van der Waals surface area contributed by atoms with Gasteiger partial charge < -0.3 is 21.5 Å². The summed E-state index contributed by atoms with van der Waals surface area (Å²) < 4.78 is 14.2. The van der Waals surface area contributed by atoms with Gasteiger partial charge in [0.05, 0.1) is 12.7 Å². The molecule has 2 aromatic carbocycles. The molecule has 3 aromatic rings. The molecule has 34 heavy (non-hydrogen) atoms. The van der Waals surface area contributed by atoms with Gasteiger partial charge in [-0.15, -0.1) is 5.10 Å². The largest absolute Gasteiger partial charge is 0.480 e. The fourth-order valence-electron chi connectivity index (χ4n) is 3.35. The first-order valence-electron chi connectivity index (χ1n) is 10.2. The van der Waals surface area contributed by atoms with Crippen LogP contribution >= 0.6 is 11.6 Å². The van der Waals surface area contributed by atoms with Crippen LogP contribution in [-0.4, -0.2) is 56.9 Å². The third-order valence-electron chi connectivity index (χ3n) is 5.00. The Balaban J connectivity index is 1.80. The lowest BCUT2D eigenvalue weighted by Crippen LogP contribution is -2.48. The molecule has 0 spiro atoms. The lowest BCUT2D eigenvalue weighted by atomic mass is 9.96. The first kappa shape index (κ1) is 24.8. The Morgan fingerprint density at radius 3 is 2.50 bits per heavy atom. The predicted molar refractivity (Wildman–Crippen MR) is 121 cm³/mol. The third-order valence-corrected chi connectivity index (χ3v) is 5.23. The van der Waals surface area contributed by atoms with Gasteiger partial charge in [-0.3, -0.25) is 14.7 Å². The monoisotopic (exact) mass is 488 g/mol. The van der Waals surface area contributed by atoms with E-state index >= 15 is 0 Å². The van der Waals surface area contributed by atoms with Crippen LogP contribution in [0.15, 0.2) is 48.7 Å². The van der Waals surface area contributed by atoms with Crippen LogP contribution in [0.4, 0.5) is 4.39 Å². The number of aromatic nitrogens is 3. The summed E-state index contributed by atoms with van der Waals surface area (Å²) in [5, 5.41) is 24.5. The van der Waals surface area contributed by atoms with E-state index in [4.69, 9.17) is 17.3 Å². The molecule has 1 heterocycles. The van der Waals surface area contributed by atoms with Crippen molar-refractivity contribution in [3.63, 3.8) is 0 Å². The number of nitrogens with one attached hydrogen (secondary N) is 3. The molecule has 0 unspecified atom stereocenters. The minimum absolute atomic E-state index is 0.0228. The van der Waals surface area contributed by atoms with Crippen LogP contribution in [0.5, 0.6) is 0 Å². The van der Waals surface area contributed by atoms with Crippen LogP contribution in [0, 0.1) is 5.82 Å². The average molecular weight is 489 g/mol. The number of aliphatic carboxylic acids is 1. The number of H-pyrrole nitrogens is 1. The molecule has 0 aliphatic rings. The van der Waals surface area contributed by atoms with E-state index in [2.05, 4.69) is 26.0 Å². The highest BCUT2D eigenvalue weighted by Crippen LogP contribution is 2.26. The number of carbonyl (C=O) groups is 3. The maximum Gasteiger partial charge on any atom is 0.326 e. The van der Waals surface area contributed by atoms with Crippen LogP contribution in [0.3, 0.4) is 0 Å². The molecule has 2 amide bonds. The SMILES string of the molecule is NCC(=O)N[C@H](C[C@@H](Cc1ccc(-c2cc(Cl)ccc2F)cc1)NC(=O)c1c[nH]nn1)C(=O)O. The summed E-state index contributed by atoms with van der Waals surface area (Å²) in [6.07, 6.45) is 1.41. The summed E-state index contributed by atoms with van der Waals surface area (Å²) in [5.41, 5.74) is 6.98. The zero-order valence-corrected chi connectivity index (χ0v) is 18.6. The Labute approximate surface area is 198 Å². The molecule has 0 radical (unpaired) electrons. The van der Waals surface area contributed by atoms with Gasteiger partial charge in [-0.2, -0.15) is 0 Å². The number of hydrogen-bond acceptors (Lipinski definition) is 6. The molecule has 3 rings (SSSR count). The molecule has 10 nitrogen and oxygen atoms in total. The molecular weight excluding hydrogens is 467 g/mol. The maximum atomic E-state index is 14.2. The minimum Gasteiger partial charge on any atom is -0.480 e. The van der Waals surface area contributed by atoms with Gasteiger partial charge in [0, 0.05) is 16.6 Å². The van der Waals surface area contributed by atoms with Crippen molar-refractivity contribution < 1.29 is 23.9 Å². The average Bonchev–Trinajstić information content (AvgIpc) is 3.36. The molecule has 6 N–H and O–H groups in total. The number of carboxylic acids is 1. The van der Waals surface area contributed by atoms with Crippen molar-refractivity contribution in [2.75, 3.05) is 6.54 Å². The summed E-state index contributed by atoms with van der Waals surface area (Å²) in [7, 11) is 0. The van der Waals surface area contributed by atoms with Gasteiger partial charge in [0.1, 0.15) is 11.9 Å². The Hall–Kier alpha value is -3.83. The van der Waals surface area contributed by atoms with Crippen molar-refractivity contribution in [3.8, 4) is 11.1 Å². The zero-order valence-electron chi connectivity index (χ0n) is 17.8. The third kappa shape index (κ3) is 6.59. The second kappa shape index (κ2) is 11.3. The van der Waals surface area contributed by atoms with Crippen LogP contribution in [0.25, 0.3) is 11.1 Å². The van der Waals surface area contributed by atoms with E-state index in [1.807, 2.05) is 0 Å². The number of benzene rings is 2. The fraction of sp³-hybridized carbons (Fsp3) is 0.227.